The third-order valence-corrected chi connectivity index (χ3v) is 9.76. The van der Waals surface area contributed by atoms with Crippen LogP contribution in [0, 0.1) is 0 Å². The topological polar surface area (TPSA) is 151 Å². The first kappa shape index (κ1) is 27.1. The van der Waals surface area contributed by atoms with E-state index in [9.17, 15) is 8.42 Å². The highest BCUT2D eigenvalue weighted by Crippen LogP contribution is 2.34. The lowest BCUT2D eigenvalue weighted by atomic mass is 10.0. The molecule has 0 bridgehead atoms. The van der Waals surface area contributed by atoms with Gasteiger partial charge in [-0.05, 0) is 49.2 Å². The lowest BCUT2D eigenvalue weighted by Gasteiger charge is -2.32. The van der Waals surface area contributed by atoms with Crippen LogP contribution in [0.2, 0.25) is 5.02 Å². The Kier molecular flexibility index (Phi) is 7.34. The van der Waals surface area contributed by atoms with Gasteiger partial charge in [0.2, 0.25) is 16.0 Å². The third kappa shape index (κ3) is 5.36. The van der Waals surface area contributed by atoms with Gasteiger partial charge in [0.05, 0.1) is 16.3 Å². The second-order valence-electron chi connectivity index (χ2n) is 9.50. The molecule has 1 atom stereocenters. The van der Waals surface area contributed by atoms with Crippen molar-refractivity contribution in [2.24, 2.45) is 10.9 Å². The molecule has 2 aromatic carbocycles. The number of nitrogens with one attached hydrogen (secondary N) is 1. The molecule has 4 heterocycles. The lowest BCUT2D eigenvalue weighted by Crippen LogP contribution is -2.45. The largest absolute Gasteiger partial charge is 0.409 e. The number of amidine groups is 1. The number of fused-ring (bicyclic) bond motifs is 1. The number of nitrogens with two attached hydrogens (primary N) is 1. The first-order valence-corrected chi connectivity index (χ1v) is 15.4. The van der Waals surface area contributed by atoms with E-state index in [1.807, 2.05) is 34.2 Å². The van der Waals surface area contributed by atoms with Crippen molar-refractivity contribution < 1.29 is 13.6 Å². The van der Waals surface area contributed by atoms with Crippen LogP contribution in [0.5, 0.6) is 0 Å². The first-order valence-electron chi connectivity index (χ1n) is 12.7. The number of thiazole rings is 1. The summed E-state index contributed by atoms with van der Waals surface area (Å²) < 4.78 is 29.9. The van der Waals surface area contributed by atoms with Gasteiger partial charge in [-0.25, -0.2) is 23.4 Å². The smallest absolute Gasteiger partial charge is 0.243 e. The Labute approximate surface area is 245 Å². The van der Waals surface area contributed by atoms with Gasteiger partial charge in [0.25, 0.3) is 0 Å². The molecular weight excluding hydrogens is 584 g/mol. The molecule has 41 heavy (non-hydrogen) atoms. The van der Waals surface area contributed by atoms with E-state index < -0.39 is 10.0 Å². The molecule has 11 nitrogen and oxygen atoms in total. The molecule has 4 N–H and O–H groups in total. The maximum Gasteiger partial charge on any atom is 0.243 e. The number of piperidine rings is 1. The number of halogens is 1. The minimum Gasteiger partial charge on any atom is -0.409 e. The molecule has 1 fully saturated rings. The van der Waals surface area contributed by atoms with E-state index in [4.69, 9.17) is 32.5 Å². The number of sulfonamides is 1. The molecule has 5 aromatic rings. The number of anilines is 1. The number of imidazole rings is 1. The van der Waals surface area contributed by atoms with Gasteiger partial charge in [-0.1, -0.05) is 35.0 Å². The summed E-state index contributed by atoms with van der Waals surface area (Å²) in [5.74, 6) is 0.391. The van der Waals surface area contributed by atoms with Crippen molar-refractivity contribution >= 4 is 49.7 Å². The highest BCUT2D eigenvalue weighted by atomic mass is 35.5. The highest BCUT2D eigenvalue weighted by molar-refractivity contribution is 7.89. The molecular formula is C27H25ClN8O3S2. The maximum atomic E-state index is 13.2. The van der Waals surface area contributed by atoms with Crippen LogP contribution in [0.15, 0.2) is 82.4 Å². The number of nitrogens with zero attached hydrogens (tertiary/aromatic N) is 6. The Morgan fingerprint density at radius 3 is 2.80 bits per heavy atom. The van der Waals surface area contributed by atoms with Crippen molar-refractivity contribution in [3.8, 4) is 22.6 Å². The molecule has 1 aliphatic rings. The predicted molar refractivity (Wildman–Crippen MR) is 159 cm³/mol. The second-order valence-corrected chi connectivity index (χ2v) is 12.7. The number of benzene rings is 2. The van der Waals surface area contributed by atoms with Crippen molar-refractivity contribution in [2.45, 2.75) is 23.8 Å². The molecule has 0 spiro atoms. The van der Waals surface area contributed by atoms with Gasteiger partial charge in [0, 0.05) is 53.1 Å². The predicted octanol–water partition coefficient (Wildman–Crippen LogP) is 4.53. The standard InChI is InChI=1S/C27H25ClN8O3S2/c28-19-6-8-21(9-7-19)41(38,39)35-12-2-5-20(16-35)31-26-30-11-10-22(32-26)24-23(33-27-36(24)13-14-40-27)17-3-1-4-18(15-17)25(29)34-37/h1,3-4,6-11,13-15,20,37H,2,5,12,16H2,(H2,29,34)(H,30,31,32)/t20-/m1/s1. The van der Waals surface area contributed by atoms with E-state index in [0.717, 1.165) is 22.6 Å². The number of hydrogen-bond acceptors (Lipinski definition) is 9. The Bertz CT molecular complexity index is 1850. The van der Waals surface area contributed by atoms with Gasteiger partial charge < -0.3 is 16.3 Å². The van der Waals surface area contributed by atoms with Crippen LogP contribution >= 0.6 is 22.9 Å². The minimum absolute atomic E-state index is 0.00236. The number of aromatic nitrogens is 4. The van der Waals surface area contributed by atoms with Crippen LogP contribution in [0.1, 0.15) is 18.4 Å². The van der Waals surface area contributed by atoms with Crippen molar-refractivity contribution in [3.05, 3.63) is 83.0 Å². The van der Waals surface area contributed by atoms with Gasteiger partial charge in [-0.2, -0.15) is 4.31 Å². The third-order valence-electron chi connectivity index (χ3n) is 6.87. The monoisotopic (exact) mass is 608 g/mol. The summed E-state index contributed by atoms with van der Waals surface area (Å²) in [5.41, 5.74) is 9.26. The van der Waals surface area contributed by atoms with Crippen LogP contribution in [0.3, 0.4) is 0 Å². The zero-order valence-corrected chi connectivity index (χ0v) is 23.9. The van der Waals surface area contributed by atoms with Crippen molar-refractivity contribution in [1.29, 1.82) is 0 Å². The zero-order valence-electron chi connectivity index (χ0n) is 21.6. The number of hydrogen-bond donors (Lipinski definition) is 3. The SMILES string of the molecule is NC(=NO)c1cccc(-c2nc3sccn3c2-c2ccnc(N[C@@H]3CCCN(S(=O)(=O)c4ccc(Cl)cc4)C3)n2)c1. The maximum absolute atomic E-state index is 13.2. The summed E-state index contributed by atoms with van der Waals surface area (Å²) in [6, 6.07) is 15.1. The average Bonchev–Trinajstić information content (AvgIpc) is 3.59. The Morgan fingerprint density at radius 2 is 2.00 bits per heavy atom. The van der Waals surface area contributed by atoms with Crippen molar-refractivity contribution in [1.82, 2.24) is 23.7 Å². The minimum atomic E-state index is -3.66. The Hall–Kier alpha value is -4.04. The van der Waals surface area contributed by atoms with E-state index in [2.05, 4.69) is 15.5 Å². The zero-order chi connectivity index (χ0) is 28.6. The van der Waals surface area contributed by atoms with E-state index >= 15 is 0 Å². The quantitative estimate of drug-likeness (QED) is 0.105. The fourth-order valence-corrected chi connectivity index (χ4v) is 7.26. The molecule has 3 aromatic heterocycles. The van der Waals surface area contributed by atoms with Crippen LogP contribution in [-0.2, 0) is 10.0 Å². The van der Waals surface area contributed by atoms with E-state index in [0.29, 0.717) is 40.9 Å². The van der Waals surface area contributed by atoms with Gasteiger partial charge in [0.1, 0.15) is 5.69 Å². The molecule has 0 unspecified atom stereocenters. The van der Waals surface area contributed by atoms with Crippen molar-refractivity contribution in [3.63, 3.8) is 0 Å². The second kappa shape index (κ2) is 11.1. The fraction of sp³-hybridized carbons (Fsp3) is 0.185. The van der Waals surface area contributed by atoms with Crippen LogP contribution < -0.4 is 11.1 Å². The van der Waals surface area contributed by atoms with Gasteiger partial charge in [0.15, 0.2) is 10.8 Å². The van der Waals surface area contributed by atoms with Crippen LogP contribution in [0.25, 0.3) is 27.6 Å². The van der Waals surface area contributed by atoms with Crippen molar-refractivity contribution in [2.75, 3.05) is 18.4 Å². The Balaban J connectivity index is 1.29. The fourth-order valence-electron chi connectivity index (χ4n) is 4.89. The van der Waals surface area contributed by atoms with E-state index in [1.54, 1.807) is 30.5 Å². The molecule has 0 aliphatic carbocycles. The summed E-state index contributed by atoms with van der Waals surface area (Å²) in [6.45, 7) is 0.718. The number of rotatable bonds is 7. The van der Waals surface area contributed by atoms with Gasteiger partial charge >= 0.3 is 0 Å². The molecule has 14 heteroatoms. The van der Waals surface area contributed by atoms with Crippen LogP contribution in [0.4, 0.5) is 5.95 Å². The number of oxime groups is 1. The van der Waals surface area contributed by atoms with E-state index in [-0.39, 0.29) is 23.3 Å². The summed E-state index contributed by atoms with van der Waals surface area (Å²) in [6.07, 6.45) is 5.06. The summed E-state index contributed by atoms with van der Waals surface area (Å²) >= 11 is 7.45. The summed E-state index contributed by atoms with van der Waals surface area (Å²) in [7, 11) is -3.66. The molecule has 1 aliphatic heterocycles. The summed E-state index contributed by atoms with van der Waals surface area (Å²) in [5, 5.41) is 18.0. The molecule has 0 amide bonds. The molecule has 0 radical (unpaired) electrons. The average molecular weight is 609 g/mol. The first-order chi connectivity index (χ1) is 19.8. The molecule has 210 valence electrons. The lowest BCUT2D eigenvalue weighted by molar-refractivity contribution is 0.318. The van der Waals surface area contributed by atoms with Gasteiger partial charge in [-0.15, -0.1) is 11.3 Å². The summed E-state index contributed by atoms with van der Waals surface area (Å²) in [4.78, 5) is 15.1. The molecule has 1 saturated heterocycles. The van der Waals surface area contributed by atoms with Crippen LogP contribution in [-0.4, -0.2) is 62.2 Å². The van der Waals surface area contributed by atoms with E-state index in [1.165, 1.54) is 27.8 Å². The molecule has 6 rings (SSSR count). The highest BCUT2D eigenvalue weighted by Gasteiger charge is 2.30. The normalized spacial score (nSPS) is 16.7. The Morgan fingerprint density at radius 1 is 1.17 bits per heavy atom. The van der Waals surface area contributed by atoms with Gasteiger partial charge in [-0.3, -0.25) is 4.40 Å². The molecule has 0 saturated carbocycles.